The molecule has 0 heterocycles. The van der Waals surface area contributed by atoms with E-state index in [1.54, 1.807) is 31.2 Å². The van der Waals surface area contributed by atoms with Crippen LogP contribution in [-0.2, 0) is 14.3 Å². The molecule has 0 radical (unpaired) electrons. The molecule has 1 aromatic rings. The minimum absolute atomic E-state index is 0.189. The van der Waals surface area contributed by atoms with Gasteiger partial charge < -0.3 is 15.2 Å². The number of aliphatic carboxylic acids is 1. The number of hydrogen-bond acceptors (Lipinski definition) is 4. The number of rotatable bonds is 8. The highest BCUT2D eigenvalue weighted by molar-refractivity contribution is 5.96. The molecule has 0 fully saturated rings. The molecule has 1 rings (SSSR count). The van der Waals surface area contributed by atoms with Crippen molar-refractivity contribution in [3.63, 3.8) is 0 Å². The van der Waals surface area contributed by atoms with Gasteiger partial charge in [-0.25, -0.2) is 4.79 Å². The molecular weight excluding hydrogens is 322 g/mol. The van der Waals surface area contributed by atoms with Crippen LogP contribution >= 0.6 is 0 Å². The van der Waals surface area contributed by atoms with Gasteiger partial charge in [-0.15, -0.1) is 0 Å². The molecule has 0 bridgehead atoms. The molecule has 1 aromatic carbocycles. The highest BCUT2D eigenvalue weighted by atomic mass is 16.5. The monoisotopic (exact) mass is 345 g/mol. The van der Waals surface area contributed by atoms with Gasteiger partial charge >= 0.3 is 11.9 Å². The van der Waals surface area contributed by atoms with Crippen molar-refractivity contribution in [2.75, 3.05) is 7.11 Å². The first-order valence-electron chi connectivity index (χ1n) is 8.13. The lowest BCUT2D eigenvalue weighted by Gasteiger charge is -2.11. The van der Waals surface area contributed by atoms with Gasteiger partial charge in [0, 0.05) is 24.0 Å². The van der Waals surface area contributed by atoms with E-state index in [1.807, 2.05) is 0 Å². The van der Waals surface area contributed by atoms with E-state index in [0.29, 0.717) is 24.0 Å². The lowest BCUT2D eigenvalue weighted by Crippen LogP contribution is -2.39. The van der Waals surface area contributed by atoms with Crippen molar-refractivity contribution in [3.8, 4) is 11.8 Å². The van der Waals surface area contributed by atoms with Crippen LogP contribution in [0.1, 0.15) is 54.9 Å². The summed E-state index contributed by atoms with van der Waals surface area (Å²) in [6, 6.07) is 6.12. The number of ether oxygens (including phenoxy) is 1. The molecule has 1 amide bonds. The van der Waals surface area contributed by atoms with Gasteiger partial charge in [0.1, 0.15) is 6.04 Å². The van der Waals surface area contributed by atoms with E-state index in [-0.39, 0.29) is 12.3 Å². The third-order valence-electron chi connectivity index (χ3n) is 3.45. The molecule has 0 aliphatic carbocycles. The summed E-state index contributed by atoms with van der Waals surface area (Å²) in [5, 5.41) is 11.1. The Morgan fingerprint density at radius 1 is 1.24 bits per heavy atom. The second-order valence-corrected chi connectivity index (χ2v) is 5.56. The topological polar surface area (TPSA) is 92.7 Å². The summed E-state index contributed by atoms with van der Waals surface area (Å²) in [5.74, 6) is 4.36. The fraction of sp³-hybridized carbons (Fsp3) is 0.421. The van der Waals surface area contributed by atoms with Crippen LogP contribution < -0.4 is 5.32 Å². The molecule has 0 aliphatic heterocycles. The molecule has 0 saturated heterocycles. The maximum Gasteiger partial charge on any atom is 0.328 e. The van der Waals surface area contributed by atoms with Crippen molar-refractivity contribution in [3.05, 3.63) is 35.4 Å². The van der Waals surface area contributed by atoms with E-state index in [0.717, 1.165) is 12.8 Å². The second-order valence-electron chi connectivity index (χ2n) is 5.56. The molecular formula is C19H23NO5. The van der Waals surface area contributed by atoms with Crippen LogP contribution in [0.5, 0.6) is 0 Å². The van der Waals surface area contributed by atoms with Crippen LogP contribution in [-0.4, -0.2) is 36.1 Å². The SMILES string of the molecule is COC(=O)C(C)NC(=O)c1cccc(C#CCCCCCC(=O)O)c1. The Morgan fingerprint density at radius 3 is 2.68 bits per heavy atom. The smallest absolute Gasteiger partial charge is 0.328 e. The predicted octanol–water partition coefficient (Wildman–Crippen LogP) is 2.36. The van der Waals surface area contributed by atoms with E-state index in [1.165, 1.54) is 7.11 Å². The van der Waals surface area contributed by atoms with Gasteiger partial charge in [0.15, 0.2) is 0 Å². The summed E-state index contributed by atoms with van der Waals surface area (Å²) in [5.41, 5.74) is 1.13. The van der Waals surface area contributed by atoms with Gasteiger partial charge in [-0.3, -0.25) is 9.59 Å². The number of unbranched alkanes of at least 4 members (excludes halogenated alkanes) is 3. The number of esters is 1. The van der Waals surface area contributed by atoms with Crippen molar-refractivity contribution in [1.29, 1.82) is 0 Å². The first kappa shape index (κ1) is 20.2. The van der Waals surface area contributed by atoms with Gasteiger partial charge in [-0.2, -0.15) is 0 Å². The number of carbonyl (C=O) groups excluding carboxylic acids is 2. The van der Waals surface area contributed by atoms with Crippen LogP contribution in [0.2, 0.25) is 0 Å². The quantitative estimate of drug-likeness (QED) is 0.429. The third kappa shape index (κ3) is 8.02. The van der Waals surface area contributed by atoms with Gasteiger partial charge in [-0.1, -0.05) is 24.3 Å². The number of nitrogens with one attached hydrogen (secondary N) is 1. The predicted molar refractivity (Wildman–Crippen MR) is 93.0 cm³/mol. The number of carboxylic acid groups (broad SMARTS) is 1. The molecule has 134 valence electrons. The second kappa shape index (κ2) is 10.9. The summed E-state index contributed by atoms with van der Waals surface area (Å²) in [4.78, 5) is 33.9. The molecule has 6 nitrogen and oxygen atoms in total. The summed E-state index contributed by atoms with van der Waals surface area (Å²) in [6.45, 7) is 1.55. The summed E-state index contributed by atoms with van der Waals surface area (Å²) >= 11 is 0. The zero-order valence-electron chi connectivity index (χ0n) is 14.5. The number of carboxylic acids is 1. The molecule has 25 heavy (non-hydrogen) atoms. The number of hydrogen-bond donors (Lipinski definition) is 2. The van der Waals surface area contributed by atoms with Crippen LogP contribution in [0.25, 0.3) is 0 Å². The van der Waals surface area contributed by atoms with Crippen LogP contribution in [0, 0.1) is 11.8 Å². The van der Waals surface area contributed by atoms with E-state index in [4.69, 9.17) is 5.11 Å². The third-order valence-corrected chi connectivity index (χ3v) is 3.45. The highest BCUT2D eigenvalue weighted by Crippen LogP contribution is 2.06. The summed E-state index contributed by atoms with van der Waals surface area (Å²) in [6.07, 6.45) is 3.20. The Hall–Kier alpha value is -2.81. The molecule has 0 aromatic heterocycles. The normalized spacial score (nSPS) is 11.0. The van der Waals surface area contributed by atoms with E-state index >= 15 is 0 Å². The van der Waals surface area contributed by atoms with Crippen molar-refractivity contribution in [2.24, 2.45) is 0 Å². The Kier molecular flexibility index (Phi) is 8.80. The molecule has 1 atom stereocenters. The maximum absolute atomic E-state index is 12.1. The van der Waals surface area contributed by atoms with Crippen molar-refractivity contribution in [1.82, 2.24) is 5.32 Å². The number of carbonyl (C=O) groups is 3. The Morgan fingerprint density at radius 2 is 2.00 bits per heavy atom. The average Bonchev–Trinajstić information content (AvgIpc) is 2.60. The Balaban J connectivity index is 2.52. The van der Waals surface area contributed by atoms with Gasteiger partial charge in [0.2, 0.25) is 0 Å². The molecule has 0 aliphatic rings. The zero-order valence-corrected chi connectivity index (χ0v) is 14.5. The summed E-state index contributed by atoms with van der Waals surface area (Å²) < 4.78 is 4.57. The van der Waals surface area contributed by atoms with E-state index in [9.17, 15) is 14.4 Å². The Labute approximate surface area is 147 Å². The van der Waals surface area contributed by atoms with Gasteiger partial charge in [-0.05, 0) is 38.0 Å². The Bertz CT molecular complexity index is 672. The standard InChI is InChI=1S/C19H23NO5/c1-14(19(24)25-2)20-18(23)16-11-8-10-15(13-16)9-6-4-3-5-7-12-17(21)22/h8,10-11,13-14H,3-5,7,12H2,1-2H3,(H,20,23)(H,21,22). The fourth-order valence-electron chi connectivity index (χ4n) is 2.08. The van der Waals surface area contributed by atoms with E-state index in [2.05, 4.69) is 21.9 Å². The van der Waals surface area contributed by atoms with Gasteiger partial charge in [0.25, 0.3) is 5.91 Å². The van der Waals surface area contributed by atoms with Crippen molar-refractivity contribution < 1.29 is 24.2 Å². The minimum Gasteiger partial charge on any atom is -0.481 e. The maximum atomic E-state index is 12.1. The van der Waals surface area contributed by atoms with Crippen molar-refractivity contribution >= 4 is 17.8 Å². The average molecular weight is 345 g/mol. The first-order chi connectivity index (χ1) is 11.9. The lowest BCUT2D eigenvalue weighted by molar-refractivity contribution is -0.142. The molecule has 6 heteroatoms. The number of amides is 1. The largest absolute Gasteiger partial charge is 0.481 e. The number of benzene rings is 1. The highest BCUT2D eigenvalue weighted by Gasteiger charge is 2.16. The minimum atomic E-state index is -0.775. The summed E-state index contributed by atoms with van der Waals surface area (Å²) in [7, 11) is 1.27. The van der Waals surface area contributed by atoms with Crippen LogP contribution in [0.4, 0.5) is 0 Å². The fourth-order valence-corrected chi connectivity index (χ4v) is 2.08. The molecule has 0 saturated carbocycles. The molecule has 0 spiro atoms. The molecule has 1 unspecified atom stereocenters. The van der Waals surface area contributed by atoms with Gasteiger partial charge in [0.05, 0.1) is 7.11 Å². The first-order valence-corrected chi connectivity index (χ1v) is 8.13. The lowest BCUT2D eigenvalue weighted by atomic mass is 10.1. The van der Waals surface area contributed by atoms with Crippen LogP contribution in [0.3, 0.4) is 0 Å². The number of methoxy groups -OCH3 is 1. The molecule has 2 N–H and O–H groups in total. The zero-order chi connectivity index (χ0) is 18.7. The van der Waals surface area contributed by atoms with Crippen LogP contribution in [0.15, 0.2) is 24.3 Å². The van der Waals surface area contributed by atoms with E-state index < -0.39 is 18.0 Å². The van der Waals surface area contributed by atoms with Crippen molar-refractivity contribution in [2.45, 2.75) is 45.1 Å².